The van der Waals surface area contributed by atoms with E-state index in [2.05, 4.69) is 38.4 Å². The van der Waals surface area contributed by atoms with Gasteiger partial charge in [0.15, 0.2) is 11.5 Å². The quantitative estimate of drug-likeness (QED) is 0.852. The van der Waals surface area contributed by atoms with E-state index < -0.39 is 0 Å². The number of anilines is 2. The summed E-state index contributed by atoms with van der Waals surface area (Å²) in [4.78, 5) is 34.5. The van der Waals surface area contributed by atoms with Gasteiger partial charge in [-0.1, -0.05) is 6.07 Å². The second-order valence-electron chi connectivity index (χ2n) is 7.09. The van der Waals surface area contributed by atoms with Crippen LogP contribution >= 0.6 is 0 Å². The Bertz CT molecular complexity index is 892. The molecule has 4 rings (SSSR count). The Morgan fingerprint density at radius 2 is 1.86 bits per heavy atom. The van der Waals surface area contributed by atoms with Gasteiger partial charge in [-0.3, -0.25) is 9.69 Å². The van der Waals surface area contributed by atoms with Crippen molar-refractivity contribution in [3.8, 4) is 0 Å². The van der Waals surface area contributed by atoms with Gasteiger partial charge in [0.2, 0.25) is 0 Å². The number of carbonyl (C=O) groups is 2. The number of carbonyl (C=O) groups excluding carboxylic acids is 2. The molecule has 0 aromatic carbocycles. The van der Waals surface area contributed by atoms with Crippen LogP contribution in [-0.4, -0.2) is 71.3 Å². The molecule has 9 heteroatoms. The van der Waals surface area contributed by atoms with Gasteiger partial charge in [-0.15, -0.1) is 10.2 Å². The summed E-state index contributed by atoms with van der Waals surface area (Å²) in [6.07, 6.45) is 1.87. The summed E-state index contributed by atoms with van der Waals surface area (Å²) in [7, 11) is 0. The van der Waals surface area contributed by atoms with Crippen molar-refractivity contribution >= 4 is 23.6 Å². The molecule has 0 aliphatic carbocycles. The third-order valence-corrected chi connectivity index (χ3v) is 5.06. The molecule has 9 nitrogen and oxygen atoms in total. The summed E-state index contributed by atoms with van der Waals surface area (Å²) in [5.74, 6) is 1.29. The molecule has 2 aliphatic rings. The van der Waals surface area contributed by atoms with Crippen LogP contribution in [0.2, 0.25) is 0 Å². The van der Waals surface area contributed by atoms with Gasteiger partial charge in [-0.2, -0.15) is 0 Å². The van der Waals surface area contributed by atoms with Crippen molar-refractivity contribution in [2.75, 3.05) is 49.1 Å². The van der Waals surface area contributed by atoms with Gasteiger partial charge in [-0.05, 0) is 37.1 Å². The Morgan fingerprint density at radius 1 is 1.07 bits per heavy atom. The second-order valence-corrected chi connectivity index (χ2v) is 7.09. The van der Waals surface area contributed by atoms with E-state index in [-0.39, 0.29) is 11.9 Å². The number of piperazine rings is 1. The third-order valence-electron chi connectivity index (χ3n) is 5.06. The van der Waals surface area contributed by atoms with Crippen molar-refractivity contribution in [1.82, 2.24) is 25.4 Å². The highest BCUT2D eigenvalue weighted by atomic mass is 16.2. The van der Waals surface area contributed by atoms with Gasteiger partial charge in [0.25, 0.3) is 5.91 Å². The van der Waals surface area contributed by atoms with Crippen LogP contribution in [0.3, 0.4) is 0 Å². The van der Waals surface area contributed by atoms with E-state index in [0.717, 1.165) is 30.0 Å². The average Bonchev–Trinajstić information content (AvgIpc) is 3.14. The standard InChI is InChI=1S/C19H23N7O2/c1-13-11-14(2)17(21-12-13)24-7-9-25(10-8-24)18(27)15-3-4-16(23-22-15)26-6-5-20-19(26)28/h3-4,11-12H,5-10H2,1-2H3,(H,20,28). The zero-order valence-electron chi connectivity index (χ0n) is 16.1. The minimum atomic E-state index is -0.190. The largest absolute Gasteiger partial charge is 0.353 e. The fraction of sp³-hybridized carbons (Fsp3) is 0.421. The molecule has 1 N–H and O–H groups in total. The first-order valence-corrected chi connectivity index (χ1v) is 9.39. The molecule has 3 amide bonds. The van der Waals surface area contributed by atoms with Crippen LogP contribution in [0.4, 0.5) is 16.4 Å². The van der Waals surface area contributed by atoms with Crippen LogP contribution < -0.4 is 15.1 Å². The first-order chi connectivity index (χ1) is 13.5. The molecule has 2 aliphatic heterocycles. The molecule has 4 heterocycles. The summed E-state index contributed by atoms with van der Waals surface area (Å²) in [5.41, 5.74) is 2.58. The second kappa shape index (κ2) is 7.41. The van der Waals surface area contributed by atoms with E-state index in [1.54, 1.807) is 17.0 Å². The van der Waals surface area contributed by atoms with Crippen LogP contribution in [0.25, 0.3) is 0 Å². The molecule has 146 valence electrons. The van der Waals surface area contributed by atoms with Crippen LogP contribution in [0.15, 0.2) is 24.4 Å². The highest BCUT2D eigenvalue weighted by Gasteiger charge is 2.26. The van der Waals surface area contributed by atoms with Crippen molar-refractivity contribution < 1.29 is 9.59 Å². The van der Waals surface area contributed by atoms with E-state index in [9.17, 15) is 9.59 Å². The minimum absolute atomic E-state index is 0.141. The van der Waals surface area contributed by atoms with Crippen LogP contribution in [-0.2, 0) is 0 Å². The molecule has 2 saturated heterocycles. The lowest BCUT2D eigenvalue weighted by atomic mass is 10.2. The number of aryl methyl sites for hydroxylation is 2. The van der Waals surface area contributed by atoms with E-state index in [4.69, 9.17) is 0 Å². The molecule has 28 heavy (non-hydrogen) atoms. The smallest absolute Gasteiger partial charge is 0.323 e. The number of hydrogen-bond acceptors (Lipinski definition) is 6. The molecular weight excluding hydrogens is 358 g/mol. The molecule has 2 fully saturated rings. The van der Waals surface area contributed by atoms with Crippen molar-refractivity contribution in [2.24, 2.45) is 0 Å². The fourth-order valence-corrected chi connectivity index (χ4v) is 3.60. The van der Waals surface area contributed by atoms with Gasteiger partial charge in [0.1, 0.15) is 5.82 Å². The van der Waals surface area contributed by atoms with Gasteiger partial charge in [-0.25, -0.2) is 9.78 Å². The Balaban J connectivity index is 1.39. The fourth-order valence-electron chi connectivity index (χ4n) is 3.60. The minimum Gasteiger partial charge on any atom is -0.353 e. The number of pyridine rings is 1. The van der Waals surface area contributed by atoms with Gasteiger partial charge in [0, 0.05) is 45.5 Å². The molecular formula is C19H23N7O2. The van der Waals surface area contributed by atoms with E-state index in [1.165, 1.54) is 4.90 Å². The number of nitrogens with zero attached hydrogens (tertiary/aromatic N) is 6. The third kappa shape index (κ3) is 3.47. The van der Waals surface area contributed by atoms with Crippen molar-refractivity contribution in [1.29, 1.82) is 0 Å². The summed E-state index contributed by atoms with van der Waals surface area (Å²) >= 11 is 0. The first kappa shape index (κ1) is 18.1. The van der Waals surface area contributed by atoms with E-state index >= 15 is 0 Å². The van der Waals surface area contributed by atoms with E-state index in [0.29, 0.717) is 37.7 Å². The zero-order valence-corrected chi connectivity index (χ0v) is 16.1. The molecule has 0 unspecified atom stereocenters. The Kier molecular flexibility index (Phi) is 4.81. The predicted octanol–water partition coefficient (Wildman–Crippen LogP) is 0.980. The maximum absolute atomic E-state index is 12.7. The van der Waals surface area contributed by atoms with Crippen molar-refractivity contribution in [3.63, 3.8) is 0 Å². The van der Waals surface area contributed by atoms with Crippen LogP contribution in [0.5, 0.6) is 0 Å². The number of aromatic nitrogens is 3. The molecule has 0 radical (unpaired) electrons. The highest BCUT2D eigenvalue weighted by molar-refractivity contribution is 5.94. The Morgan fingerprint density at radius 3 is 2.46 bits per heavy atom. The number of urea groups is 1. The first-order valence-electron chi connectivity index (χ1n) is 9.39. The van der Waals surface area contributed by atoms with Gasteiger partial charge < -0.3 is 15.1 Å². The SMILES string of the molecule is Cc1cnc(N2CCN(C(=O)c3ccc(N4CCNC4=O)nn3)CC2)c(C)c1. The molecule has 0 bridgehead atoms. The predicted molar refractivity (Wildman–Crippen MR) is 105 cm³/mol. The van der Waals surface area contributed by atoms with Gasteiger partial charge >= 0.3 is 6.03 Å². The average molecular weight is 381 g/mol. The highest BCUT2D eigenvalue weighted by Crippen LogP contribution is 2.20. The summed E-state index contributed by atoms with van der Waals surface area (Å²) in [6, 6.07) is 5.23. The monoisotopic (exact) mass is 381 g/mol. The zero-order chi connectivity index (χ0) is 19.7. The maximum Gasteiger partial charge on any atom is 0.323 e. The van der Waals surface area contributed by atoms with E-state index in [1.807, 2.05) is 13.1 Å². The summed E-state index contributed by atoms with van der Waals surface area (Å²) < 4.78 is 0. The molecule has 2 aromatic rings. The van der Waals surface area contributed by atoms with Crippen LogP contribution in [0, 0.1) is 13.8 Å². The topological polar surface area (TPSA) is 94.6 Å². The lowest BCUT2D eigenvalue weighted by molar-refractivity contribution is 0.0739. The molecule has 2 aromatic heterocycles. The maximum atomic E-state index is 12.7. The molecule has 0 spiro atoms. The van der Waals surface area contributed by atoms with Crippen LogP contribution in [0.1, 0.15) is 21.6 Å². The number of nitrogens with one attached hydrogen (secondary N) is 1. The number of rotatable bonds is 3. The Hall–Kier alpha value is -3.23. The number of amides is 3. The normalized spacial score (nSPS) is 17.1. The van der Waals surface area contributed by atoms with Crippen molar-refractivity contribution in [2.45, 2.75) is 13.8 Å². The van der Waals surface area contributed by atoms with Gasteiger partial charge in [0.05, 0.1) is 0 Å². The molecule has 0 saturated carbocycles. The van der Waals surface area contributed by atoms with Crippen molar-refractivity contribution in [3.05, 3.63) is 41.2 Å². The lowest BCUT2D eigenvalue weighted by Crippen LogP contribution is -2.49. The summed E-state index contributed by atoms with van der Waals surface area (Å²) in [6.45, 7) is 7.88. The molecule has 0 atom stereocenters. The lowest BCUT2D eigenvalue weighted by Gasteiger charge is -2.35. The summed E-state index contributed by atoms with van der Waals surface area (Å²) in [5, 5.41) is 10.8. The number of hydrogen-bond donors (Lipinski definition) is 1. The Labute approximate surface area is 163 Å².